The van der Waals surface area contributed by atoms with E-state index in [1.165, 1.54) is 22.6 Å². The molecule has 1 unspecified atom stereocenters. The van der Waals surface area contributed by atoms with E-state index in [1.807, 2.05) is 0 Å². The molecule has 11 nitrogen and oxygen atoms in total. The molecule has 182 valence electrons. The lowest BCUT2D eigenvalue weighted by atomic mass is 9.98. The van der Waals surface area contributed by atoms with Gasteiger partial charge < -0.3 is 19.7 Å². The molecule has 1 aromatic heterocycles. The second-order valence-electron chi connectivity index (χ2n) is 6.83. The molecule has 0 spiro atoms. The van der Waals surface area contributed by atoms with Gasteiger partial charge in [-0.15, -0.1) is 28.6 Å². The van der Waals surface area contributed by atoms with Crippen LogP contribution >= 0.6 is 23.5 Å². The number of fused-ring (bicyclic) bond motifs is 1. The van der Waals surface area contributed by atoms with Gasteiger partial charge in [0.1, 0.15) is 16.1 Å². The number of carbonyl (C=O) groups excluding carboxylic acids is 2. The highest BCUT2D eigenvalue weighted by molar-refractivity contribution is 8.01. The van der Waals surface area contributed by atoms with Crippen molar-refractivity contribution in [1.82, 2.24) is 25.2 Å². The number of aryl methyl sites for hydroxylation is 1. The van der Waals surface area contributed by atoms with E-state index in [1.54, 1.807) is 7.05 Å². The molecule has 17 heteroatoms. The van der Waals surface area contributed by atoms with Crippen molar-refractivity contribution in [3.63, 3.8) is 0 Å². The van der Waals surface area contributed by atoms with Gasteiger partial charge >= 0.3 is 11.2 Å². The second kappa shape index (κ2) is 9.73. The van der Waals surface area contributed by atoms with E-state index in [2.05, 4.69) is 15.6 Å². The quantitative estimate of drug-likeness (QED) is 0.183. The molecular weight excluding hydrogens is 511 g/mol. The summed E-state index contributed by atoms with van der Waals surface area (Å²) in [5.41, 5.74) is -1.88. The lowest BCUT2D eigenvalue weighted by molar-refractivity contribution is -0.192. The number of carboxylic acids is 1. The Morgan fingerprint density at radius 2 is 2.24 bits per heavy atom. The summed E-state index contributed by atoms with van der Waals surface area (Å²) < 4.78 is 56.9. The van der Waals surface area contributed by atoms with Gasteiger partial charge in [-0.3, -0.25) is 14.5 Å². The van der Waals surface area contributed by atoms with Gasteiger partial charge in [-0.2, -0.15) is 8.78 Å². The predicted octanol–water partition coefficient (Wildman–Crippen LogP) is -0.0691. The van der Waals surface area contributed by atoms with Crippen molar-refractivity contribution in [2.24, 2.45) is 7.05 Å². The van der Waals surface area contributed by atoms with Crippen molar-refractivity contribution < 1.29 is 42.0 Å². The van der Waals surface area contributed by atoms with Crippen molar-refractivity contribution in [1.29, 1.82) is 0 Å². The number of aliphatic carboxylic acids is 1. The van der Waals surface area contributed by atoms with Crippen LogP contribution in [-0.2, 0) is 37.3 Å². The molecule has 3 rings (SSSR count). The first kappa shape index (κ1) is 25.7. The number of methoxy groups -OCH3 is 1. The van der Waals surface area contributed by atoms with Crippen molar-refractivity contribution in [2.45, 2.75) is 21.4 Å². The van der Waals surface area contributed by atoms with E-state index in [9.17, 15) is 37.2 Å². The Morgan fingerprint density at radius 3 is 2.79 bits per heavy atom. The van der Waals surface area contributed by atoms with Gasteiger partial charge in [0, 0.05) is 36.8 Å². The Balaban J connectivity index is 1.77. The maximum Gasteiger partial charge on any atom is 0.435 e. The molecule has 2 aliphatic heterocycles. The van der Waals surface area contributed by atoms with Gasteiger partial charge in [0.2, 0.25) is 6.67 Å². The third kappa shape index (κ3) is 4.68. The van der Waals surface area contributed by atoms with Crippen LogP contribution in [0.25, 0.3) is 0 Å². The summed E-state index contributed by atoms with van der Waals surface area (Å²) in [4.78, 5) is 38.0. The number of halogens is 3. The fourth-order valence-corrected chi connectivity index (χ4v) is 6.27. The number of amides is 2. The van der Waals surface area contributed by atoms with E-state index in [-0.39, 0.29) is 17.2 Å². The number of rotatable bonds is 10. The zero-order valence-electron chi connectivity index (χ0n) is 17.1. The molecule has 2 N–H and O–H groups in total. The number of aromatic nitrogens is 3. The van der Waals surface area contributed by atoms with E-state index >= 15 is 0 Å². The fourth-order valence-electron chi connectivity index (χ4n) is 3.16. The van der Waals surface area contributed by atoms with Crippen LogP contribution in [0.2, 0.25) is 0 Å². The van der Waals surface area contributed by atoms with Crippen LogP contribution < -0.4 is 5.32 Å². The van der Waals surface area contributed by atoms with Gasteiger partial charge in [0.25, 0.3) is 17.5 Å². The summed E-state index contributed by atoms with van der Waals surface area (Å²) in [5.74, 6) is -4.41. The van der Waals surface area contributed by atoms with Crippen LogP contribution in [0.4, 0.5) is 13.2 Å². The van der Waals surface area contributed by atoms with Gasteiger partial charge in [-0.25, -0.2) is 13.9 Å². The number of thioether (sulfide) groups is 2. The summed E-state index contributed by atoms with van der Waals surface area (Å²) in [6.45, 7) is -2.21. The first-order chi connectivity index (χ1) is 15.5. The molecule has 0 bridgehead atoms. The number of carbonyl (C=O) groups is 3. The molecule has 0 aromatic carbocycles. The van der Waals surface area contributed by atoms with Crippen molar-refractivity contribution in [3.8, 4) is 0 Å². The van der Waals surface area contributed by atoms with Gasteiger partial charge in [-0.1, -0.05) is 5.21 Å². The minimum absolute atomic E-state index is 0.168. The number of β-lactam (4-membered cyclic amide) rings is 1. The van der Waals surface area contributed by atoms with Crippen LogP contribution in [0.5, 0.6) is 0 Å². The number of nitrogens with zero attached hydrogens (tertiary/aromatic N) is 4. The summed E-state index contributed by atoms with van der Waals surface area (Å²) in [6, 6.07) is 0. The van der Waals surface area contributed by atoms with Gasteiger partial charge in [-0.05, 0) is 5.57 Å². The number of hydrogen-bond acceptors (Lipinski definition) is 9. The van der Waals surface area contributed by atoms with Crippen LogP contribution in [0.15, 0.2) is 22.5 Å². The maximum atomic E-state index is 13.2. The molecule has 1 aromatic rings. The average Bonchev–Trinajstić information content (AvgIpc) is 3.19. The van der Waals surface area contributed by atoms with E-state index in [0.717, 1.165) is 23.8 Å². The van der Waals surface area contributed by atoms with Gasteiger partial charge in [0.05, 0.1) is 6.20 Å². The number of nitrogens with one attached hydrogen (secondary N) is 1. The van der Waals surface area contributed by atoms with Crippen molar-refractivity contribution >= 4 is 52.5 Å². The summed E-state index contributed by atoms with van der Waals surface area (Å²) in [5, 5.41) is 14.8. The maximum absolute atomic E-state index is 13.2. The Labute approximate surface area is 196 Å². The number of carboxylic acid groups (broad SMARTS) is 1. The molecule has 0 saturated carbocycles. The van der Waals surface area contributed by atoms with E-state index in [4.69, 9.17) is 4.74 Å². The van der Waals surface area contributed by atoms with E-state index < -0.39 is 57.7 Å². The first-order valence-corrected chi connectivity index (χ1v) is 12.4. The first-order valence-electron chi connectivity index (χ1n) is 9.05. The summed E-state index contributed by atoms with van der Waals surface area (Å²) >= 11 is -0.797. The Bertz CT molecular complexity index is 995. The van der Waals surface area contributed by atoms with Gasteiger partial charge in [0.15, 0.2) is 5.75 Å². The molecule has 33 heavy (non-hydrogen) atoms. The number of ether oxygens (including phenoxy) is 1. The molecule has 1 fully saturated rings. The third-order valence-corrected chi connectivity index (χ3v) is 8.61. The smallest absolute Gasteiger partial charge is 0.435 e. The number of alkyl halides is 3. The molecule has 2 aliphatic rings. The van der Waals surface area contributed by atoms with Crippen molar-refractivity contribution in [2.75, 3.05) is 31.0 Å². The fraction of sp³-hybridized carbons (Fsp3) is 0.562. The van der Waals surface area contributed by atoms with Crippen LogP contribution in [0, 0.1) is 0 Å². The molecule has 2 amide bonds. The Morgan fingerprint density at radius 1 is 1.55 bits per heavy atom. The predicted molar refractivity (Wildman–Crippen MR) is 111 cm³/mol. The third-order valence-electron chi connectivity index (χ3n) is 4.78. The average molecular weight is 530 g/mol. The second-order valence-corrected chi connectivity index (χ2v) is 10.5. The van der Waals surface area contributed by atoms with Crippen LogP contribution in [-0.4, -0.2) is 94.7 Å². The number of hydrogen-bond donors (Lipinski definition) is 2. The molecule has 3 atom stereocenters. The van der Waals surface area contributed by atoms with E-state index in [0.29, 0.717) is 10.6 Å². The molecule has 1 saturated heterocycles. The largest absolute Gasteiger partial charge is 0.611 e. The molecular formula is C16H18F3N5O6S3. The molecule has 3 heterocycles. The monoisotopic (exact) mass is 529 g/mol. The Hall–Kier alpha value is -1.95. The standard InChI is InChI=1S/C16H18F3N5O6S3/c1-23-10(3-20-22-23)31-4-8-5-32-14-16(30-2,13(28)24(14)11(8)12(26)27)21-9(25)6-33(29)15(18,19)7-17/h3,14H,4-7H2,1-2H3,(H,21,25)(H,26,27)/t14-,16+,33?/m1/s1. The van der Waals surface area contributed by atoms with Crippen LogP contribution in [0.3, 0.4) is 0 Å². The zero-order chi connectivity index (χ0) is 24.6. The van der Waals surface area contributed by atoms with Crippen molar-refractivity contribution in [3.05, 3.63) is 17.5 Å². The molecule has 0 aliphatic carbocycles. The lowest BCUT2D eigenvalue weighted by Crippen LogP contribution is -2.81. The SMILES string of the molecule is CO[C@@]1(NC(=O)C[S+]([O-])C(F)(F)CF)C(=O)N2C(C(=O)O)=C(CSc3cnnn3C)CS[C@@H]21. The molecule has 0 radical (unpaired) electrons. The zero-order valence-corrected chi connectivity index (χ0v) is 19.6. The lowest BCUT2D eigenvalue weighted by Gasteiger charge is -2.55. The summed E-state index contributed by atoms with van der Waals surface area (Å²) in [7, 11) is 2.74. The topological polar surface area (TPSA) is 150 Å². The minimum Gasteiger partial charge on any atom is -0.611 e. The highest BCUT2D eigenvalue weighted by Crippen LogP contribution is 2.47. The van der Waals surface area contributed by atoms with Crippen LogP contribution in [0.1, 0.15) is 0 Å². The normalized spacial score (nSPS) is 23.8. The minimum atomic E-state index is -4.22. The Kier molecular flexibility index (Phi) is 7.57. The summed E-state index contributed by atoms with van der Waals surface area (Å²) in [6.07, 6.45) is 1.50. The highest BCUT2D eigenvalue weighted by atomic mass is 32.2. The highest BCUT2D eigenvalue weighted by Gasteiger charge is 2.67.